The van der Waals surface area contributed by atoms with Crippen molar-refractivity contribution in [2.24, 2.45) is 0 Å². The molecule has 166 valence electrons. The van der Waals surface area contributed by atoms with E-state index in [9.17, 15) is 0 Å². The van der Waals surface area contributed by atoms with Gasteiger partial charge in [-0.1, -0.05) is 6.07 Å². The molecule has 0 spiro atoms. The minimum atomic E-state index is 0.0677. The zero-order valence-electron chi connectivity index (χ0n) is 18.4. The average molecular weight is 434 g/mol. The molecule has 0 aliphatic carbocycles. The van der Waals surface area contributed by atoms with Gasteiger partial charge in [-0.25, -0.2) is 15.0 Å². The molecule has 0 saturated carbocycles. The van der Waals surface area contributed by atoms with Crippen molar-refractivity contribution in [3.8, 4) is 11.1 Å². The Kier molecular flexibility index (Phi) is 5.59. The van der Waals surface area contributed by atoms with Crippen molar-refractivity contribution in [3.63, 3.8) is 0 Å². The Hall–Kier alpha value is -3.30. The summed E-state index contributed by atoms with van der Waals surface area (Å²) in [6.07, 6.45) is 5.37. The normalized spacial score (nSPS) is 15.0. The minimum Gasteiger partial charge on any atom is -0.439 e. The molecule has 1 fully saturated rings. The first-order valence-electron chi connectivity index (χ1n) is 10.9. The number of nitrogens with zero attached hydrogens (tertiary/aromatic N) is 7. The van der Waals surface area contributed by atoms with Gasteiger partial charge in [0.05, 0.1) is 25.9 Å². The summed E-state index contributed by atoms with van der Waals surface area (Å²) >= 11 is 0. The van der Waals surface area contributed by atoms with E-state index in [2.05, 4.69) is 36.8 Å². The lowest BCUT2D eigenvalue weighted by atomic mass is 10.1. The van der Waals surface area contributed by atoms with Crippen LogP contribution in [0.4, 0.5) is 5.82 Å². The Morgan fingerprint density at radius 2 is 1.91 bits per heavy atom. The maximum atomic E-state index is 9.08. The van der Waals surface area contributed by atoms with E-state index in [1.54, 1.807) is 17.2 Å². The quantitative estimate of drug-likeness (QED) is 0.495. The van der Waals surface area contributed by atoms with Crippen LogP contribution in [0.3, 0.4) is 0 Å². The van der Waals surface area contributed by atoms with Crippen LogP contribution in [-0.2, 0) is 13.1 Å². The van der Waals surface area contributed by atoms with Gasteiger partial charge in [0.2, 0.25) is 5.89 Å². The Bertz CT molecular complexity index is 1220. The molecule has 4 aromatic rings. The second kappa shape index (κ2) is 8.68. The predicted molar refractivity (Wildman–Crippen MR) is 121 cm³/mol. The Balaban J connectivity index is 1.25. The summed E-state index contributed by atoms with van der Waals surface area (Å²) in [5.41, 5.74) is 5.83. The van der Waals surface area contributed by atoms with Gasteiger partial charge in [0.15, 0.2) is 5.58 Å². The molecule has 0 unspecified atom stereocenters. The van der Waals surface area contributed by atoms with E-state index in [0.29, 0.717) is 13.1 Å². The average Bonchev–Trinajstić information content (AvgIpc) is 3.42. The summed E-state index contributed by atoms with van der Waals surface area (Å²) in [6, 6.07) is 6.02. The van der Waals surface area contributed by atoms with Gasteiger partial charge in [-0.3, -0.25) is 9.58 Å². The number of benzene rings is 1. The van der Waals surface area contributed by atoms with Crippen LogP contribution in [-0.4, -0.2) is 67.5 Å². The maximum absolute atomic E-state index is 9.08. The molecular formula is C23H27N7O2. The van der Waals surface area contributed by atoms with E-state index in [1.165, 1.54) is 0 Å². The summed E-state index contributed by atoms with van der Waals surface area (Å²) in [4.78, 5) is 18.1. The van der Waals surface area contributed by atoms with Crippen molar-refractivity contribution in [1.82, 2.24) is 29.6 Å². The highest BCUT2D eigenvalue weighted by atomic mass is 16.3. The number of aliphatic hydroxyl groups excluding tert-OH is 1. The lowest BCUT2D eigenvalue weighted by molar-refractivity contribution is 0.228. The standard InChI is InChI=1S/C23H27N7O2/c1-16-17(2)24-15-25-23(16)29-7-5-28(6-8-29)14-22-27-20-4-3-18(11-21(20)32-22)19-12-26-30(13-19)9-10-31/h3-4,11-13,15,31H,5-10,14H2,1-2H3. The number of aliphatic hydroxyl groups is 1. The molecule has 1 N–H and O–H groups in total. The van der Waals surface area contributed by atoms with Gasteiger partial charge in [0, 0.05) is 49.2 Å². The van der Waals surface area contributed by atoms with E-state index in [4.69, 9.17) is 9.52 Å². The Morgan fingerprint density at radius 1 is 1.06 bits per heavy atom. The van der Waals surface area contributed by atoms with E-state index < -0.39 is 0 Å². The van der Waals surface area contributed by atoms with Crippen LogP contribution in [0.5, 0.6) is 0 Å². The SMILES string of the molecule is Cc1ncnc(N2CCN(Cc3nc4ccc(-c5cnn(CCO)c5)cc4o3)CC2)c1C. The van der Waals surface area contributed by atoms with Crippen molar-refractivity contribution in [2.75, 3.05) is 37.7 Å². The molecule has 9 heteroatoms. The zero-order valence-corrected chi connectivity index (χ0v) is 18.4. The van der Waals surface area contributed by atoms with Crippen molar-refractivity contribution in [2.45, 2.75) is 26.9 Å². The Labute approximate surface area is 186 Å². The van der Waals surface area contributed by atoms with E-state index in [1.807, 2.05) is 31.3 Å². The smallest absolute Gasteiger partial charge is 0.209 e. The van der Waals surface area contributed by atoms with Crippen LogP contribution in [0.1, 0.15) is 17.1 Å². The van der Waals surface area contributed by atoms with Crippen LogP contribution >= 0.6 is 0 Å². The fraction of sp³-hybridized carbons (Fsp3) is 0.391. The molecule has 9 nitrogen and oxygen atoms in total. The highest BCUT2D eigenvalue weighted by molar-refractivity contribution is 5.79. The highest BCUT2D eigenvalue weighted by Crippen LogP contribution is 2.26. The molecule has 1 aromatic carbocycles. The topological polar surface area (TPSA) is 96.3 Å². The number of anilines is 1. The van der Waals surface area contributed by atoms with Crippen molar-refractivity contribution in [3.05, 3.63) is 54.1 Å². The third-order valence-corrected chi connectivity index (χ3v) is 6.07. The monoisotopic (exact) mass is 433 g/mol. The van der Waals surface area contributed by atoms with Crippen LogP contribution < -0.4 is 4.90 Å². The number of fused-ring (bicyclic) bond motifs is 1. The predicted octanol–water partition coefficient (Wildman–Crippen LogP) is 2.41. The zero-order chi connectivity index (χ0) is 22.1. The number of aromatic nitrogens is 5. The number of hydrogen-bond acceptors (Lipinski definition) is 8. The lowest BCUT2D eigenvalue weighted by Gasteiger charge is -2.35. The van der Waals surface area contributed by atoms with Gasteiger partial charge in [0.1, 0.15) is 17.7 Å². The van der Waals surface area contributed by atoms with E-state index >= 15 is 0 Å². The molecule has 0 radical (unpaired) electrons. The molecule has 1 aliphatic heterocycles. The van der Waals surface area contributed by atoms with E-state index in [-0.39, 0.29) is 6.61 Å². The summed E-state index contributed by atoms with van der Waals surface area (Å²) in [5.74, 6) is 1.77. The molecular weight excluding hydrogens is 406 g/mol. The fourth-order valence-corrected chi connectivity index (χ4v) is 4.11. The molecule has 4 heterocycles. The molecule has 0 bridgehead atoms. The van der Waals surface area contributed by atoms with Crippen LogP contribution in [0.2, 0.25) is 0 Å². The number of hydrogen-bond donors (Lipinski definition) is 1. The lowest BCUT2D eigenvalue weighted by Crippen LogP contribution is -2.46. The molecule has 0 amide bonds. The molecule has 5 rings (SSSR count). The maximum Gasteiger partial charge on any atom is 0.209 e. The number of rotatable bonds is 6. The van der Waals surface area contributed by atoms with Gasteiger partial charge in [-0.15, -0.1) is 0 Å². The second-order valence-corrected chi connectivity index (χ2v) is 8.18. The molecule has 3 aromatic heterocycles. The van der Waals surface area contributed by atoms with Gasteiger partial charge < -0.3 is 14.4 Å². The van der Waals surface area contributed by atoms with Crippen molar-refractivity contribution in [1.29, 1.82) is 0 Å². The van der Waals surface area contributed by atoms with Crippen LogP contribution in [0, 0.1) is 13.8 Å². The van der Waals surface area contributed by atoms with Gasteiger partial charge in [0.25, 0.3) is 0 Å². The minimum absolute atomic E-state index is 0.0677. The van der Waals surface area contributed by atoms with Gasteiger partial charge >= 0.3 is 0 Å². The van der Waals surface area contributed by atoms with E-state index in [0.717, 1.165) is 71.4 Å². The van der Waals surface area contributed by atoms with Crippen molar-refractivity contribution < 1.29 is 9.52 Å². The number of aryl methyl sites for hydroxylation is 1. The van der Waals surface area contributed by atoms with Gasteiger partial charge in [-0.05, 0) is 31.5 Å². The fourth-order valence-electron chi connectivity index (χ4n) is 4.11. The van der Waals surface area contributed by atoms with Crippen molar-refractivity contribution >= 4 is 16.9 Å². The number of oxazole rings is 1. The third kappa shape index (κ3) is 4.09. The first kappa shape index (κ1) is 20.6. The molecule has 0 atom stereocenters. The molecule has 32 heavy (non-hydrogen) atoms. The summed E-state index contributed by atoms with van der Waals surface area (Å²) < 4.78 is 7.81. The summed E-state index contributed by atoms with van der Waals surface area (Å²) in [7, 11) is 0. The third-order valence-electron chi connectivity index (χ3n) is 6.07. The van der Waals surface area contributed by atoms with Crippen LogP contribution in [0.25, 0.3) is 22.2 Å². The van der Waals surface area contributed by atoms with Gasteiger partial charge in [-0.2, -0.15) is 5.10 Å². The summed E-state index contributed by atoms with van der Waals surface area (Å²) in [5, 5.41) is 13.4. The molecule has 1 saturated heterocycles. The first-order chi connectivity index (χ1) is 15.6. The summed E-state index contributed by atoms with van der Waals surface area (Å²) in [6.45, 7) is 9.04. The largest absolute Gasteiger partial charge is 0.439 e. The highest BCUT2D eigenvalue weighted by Gasteiger charge is 2.21. The molecule has 1 aliphatic rings. The van der Waals surface area contributed by atoms with Crippen LogP contribution in [0.15, 0.2) is 41.3 Å². The Morgan fingerprint density at radius 3 is 2.72 bits per heavy atom. The second-order valence-electron chi connectivity index (χ2n) is 8.18. The number of piperazine rings is 1. The first-order valence-corrected chi connectivity index (χ1v) is 10.9.